The Bertz CT molecular complexity index is 1240. The topological polar surface area (TPSA) is 219 Å². The maximum Gasteiger partial charge on any atom is 0.407 e. The molecule has 11 N–H and O–H groups in total. The zero-order valence-electron chi connectivity index (χ0n) is 23.3. The van der Waals surface area contributed by atoms with Gasteiger partial charge in [-0.25, -0.2) is 4.79 Å². The van der Waals surface area contributed by atoms with E-state index in [1.807, 2.05) is 12.2 Å². The zero-order chi connectivity index (χ0) is 29.9. The quantitative estimate of drug-likeness (QED) is 0.102. The molecule has 13 heteroatoms. The number of carbonyl (C=O) groups is 3. The van der Waals surface area contributed by atoms with Crippen molar-refractivity contribution in [1.82, 2.24) is 5.32 Å². The summed E-state index contributed by atoms with van der Waals surface area (Å²) in [5, 5.41) is 8.98. The highest BCUT2D eigenvalue weighted by molar-refractivity contribution is 5.97. The SMILES string of the molecule is COc1cc(C(N)=O)cc(N)c1NC/C=C/CNc1c(N)cc(C(N)=O)cc1OCCCNC(=O)OC(C)(C)C. The van der Waals surface area contributed by atoms with Crippen LogP contribution in [0.2, 0.25) is 0 Å². The number of hydrogen-bond acceptors (Lipinski definition) is 10. The number of alkyl carbamates (subject to hydrolysis) is 1. The van der Waals surface area contributed by atoms with E-state index in [-0.39, 0.29) is 23.4 Å². The summed E-state index contributed by atoms with van der Waals surface area (Å²) in [4.78, 5) is 34.9. The van der Waals surface area contributed by atoms with Crippen LogP contribution in [0.4, 0.5) is 27.5 Å². The first-order chi connectivity index (χ1) is 18.8. The summed E-state index contributed by atoms with van der Waals surface area (Å²) >= 11 is 0. The van der Waals surface area contributed by atoms with Gasteiger partial charge in [0.15, 0.2) is 0 Å². The number of rotatable bonds is 14. The van der Waals surface area contributed by atoms with Crippen LogP contribution in [0.25, 0.3) is 0 Å². The van der Waals surface area contributed by atoms with Crippen LogP contribution >= 0.6 is 0 Å². The molecule has 0 heterocycles. The lowest BCUT2D eigenvalue weighted by Gasteiger charge is -2.19. The average molecular weight is 558 g/mol. The molecule has 0 atom stereocenters. The largest absolute Gasteiger partial charge is 0.494 e. The molecule has 0 aliphatic carbocycles. The number of carbonyl (C=O) groups excluding carboxylic acids is 3. The number of nitrogen functional groups attached to an aromatic ring is 2. The fourth-order valence-electron chi connectivity index (χ4n) is 3.46. The van der Waals surface area contributed by atoms with Crippen molar-refractivity contribution >= 4 is 40.7 Å². The van der Waals surface area contributed by atoms with Crippen LogP contribution in [-0.4, -0.2) is 56.9 Å². The second kappa shape index (κ2) is 14.4. The predicted molar refractivity (Wildman–Crippen MR) is 156 cm³/mol. The van der Waals surface area contributed by atoms with E-state index in [9.17, 15) is 14.4 Å². The third-order valence-corrected chi connectivity index (χ3v) is 5.26. The number of ether oxygens (including phenoxy) is 3. The van der Waals surface area contributed by atoms with E-state index >= 15 is 0 Å². The lowest BCUT2D eigenvalue weighted by molar-refractivity contribution is 0.0525. The number of amides is 3. The number of methoxy groups -OCH3 is 1. The molecular formula is C27H39N7O6. The number of anilines is 4. The summed E-state index contributed by atoms with van der Waals surface area (Å²) in [5.41, 5.74) is 24.5. The molecule has 2 rings (SSSR count). The van der Waals surface area contributed by atoms with Crippen molar-refractivity contribution in [3.05, 3.63) is 47.5 Å². The highest BCUT2D eigenvalue weighted by Crippen LogP contribution is 2.33. The smallest absolute Gasteiger partial charge is 0.407 e. The van der Waals surface area contributed by atoms with Crippen molar-refractivity contribution in [3.8, 4) is 11.5 Å². The van der Waals surface area contributed by atoms with Crippen molar-refractivity contribution in [2.24, 2.45) is 11.5 Å². The fraction of sp³-hybridized carbons (Fsp3) is 0.370. The van der Waals surface area contributed by atoms with Crippen LogP contribution < -0.4 is 48.4 Å². The molecule has 40 heavy (non-hydrogen) atoms. The molecule has 0 aliphatic heterocycles. The van der Waals surface area contributed by atoms with Gasteiger partial charge in [0, 0.05) is 30.8 Å². The van der Waals surface area contributed by atoms with Crippen LogP contribution in [0.15, 0.2) is 36.4 Å². The Kier molecular flexibility index (Phi) is 11.3. The highest BCUT2D eigenvalue weighted by atomic mass is 16.6. The molecule has 0 fully saturated rings. The molecule has 0 aromatic heterocycles. The van der Waals surface area contributed by atoms with E-state index in [4.69, 9.17) is 37.1 Å². The molecule has 3 amide bonds. The Hall–Kier alpha value is -4.81. The third-order valence-electron chi connectivity index (χ3n) is 5.26. The first-order valence-corrected chi connectivity index (χ1v) is 12.6. The molecule has 2 aromatic rings. The van der Waals surface area contributed by atoms with E-state index in [0.717, 1.165) is 0 Å². The van der Waals surface area contributed by atoms with E-state index in [0.29, 0.717) is 54.6 Å². The van der Waals surface area contributed by atoms with Gasteiger partial charge in [0.1, 0.15) is 28.5 Å². The molecule has 13 nitrogen and oxygen atoms in total. The average Bonchev–Trinajstić information content (AvgIpc) is 2.85. The Morgan fingerprint density at radius 3 is 1.82 bits per heavy atom. The Morgan fingerprint density at radius 1 is 0.850 bits per heavy atom. The van der Waals surface area contributed by atoms with E-state index in [1.165, 1.54) is 31.4 Å². The minimum absolute atomic E-state index is 0.207. The maximum absolute atomic E-state index is 11.8. The summed E-state index contributed by atoms with van der Waals surface area (Å²) < 4.78 is 16.4. The first-order valence-electron chi connectivity index (χ1n) is 12.6. The van der Waals surface area contributed by atoms with Gasteiger partial charge in [0.05, 0.1) is 25.1 Å². The van der Waals surface area contributed by atoms with Crippen LogP contribution in [0.1, 0.15) is 47.9 Å². The molecule has 0 saturated heterocycles. The van der Waals surface area contributed by atoms with Crippen molar-refractivity contribution < 1.29 is 28.6 Å². The predicted octanol–water partition coefficient (Wildman–Crippen LogP) is 2.43. The minimum Gasteiger partial charge on any atom is -0.494 e. The minimum atomic E-state index is -0.640. The molecule has 0 unspecified atom stereocenters. The van der Waals surface area contributed by atoms with Gasteiger partial charge in [-0.05, 0) is 51.5 Å². The molecule has 0 saturated carbocycles. The van der Waals surface area contributed by atoms with E-state index in [2.05, 4.69) is 16.0 Å². The second-order valence-electron chi connectivity index (χ2n) is 9.67. The van der Waals surface area contributed by atoms with Crippen molar-refractivity contribution in [2.45, 2.75) is 32.8 Å². The van der Waals surface area contributed by atoms with Crippen LogP contribution in [0, 0.1) is 0 Å². The lowest BCUT2D eigenvalue weighted by Crippen LogP contribution is -2.33. The van der Waals surface area contributed by atoms with Gasteiger partial charge in [0.2, 0.25) is 11.8 Å². The van der Waals surface area contributed by atoms with Crippen LogP contribution in [0.3, 0.4) is 0 Å². The van der Waals surface area contributed by atoms with Gasteiger partial charge in [-0.1, -0.05) is 12.2 Å². The summed E-state index contributed by atoms with van der Waals surface area (Å²) in [6.45, 7) is 6.70. The maximum atomic E-state index is 11.8. The normalized spacial score (nSPS) is 11.1. The van der Waals surface area contributed by atoms with E-state index in [1.54, 1.807) is 20.8 Å². The van der Waals surface area contributed by atoms with Gasteiger partial charge in [-0.2, -0.15) is 0 Å². The summed E-state index contributed by atoms with van der Waals surface area (Å²) in [6.07, 6.45) is 3.67. The van der Waals surface area contributed by atoms with E-state index < -0.39 is 23.5 Å². The molecule has 0 radical (unpaired) electrons. The standard InChI is InChI=1S/C27H39N7O6/c1-27(2,3)40-26(37)34-10-7-11-39-21-15-17(25(31)36)13-19(29)23(21)33-9-6-5-8-32-22-18(28)12-16(24(30)35)14-20(22)38-4/h5-6,12-15,32-33H,7-11,28-29H2,1-4H3,(H2,30,35)(H2,31,36)(H,34,37)/b6-5+. The number of nitrogens with two attached hydrogens (primary N) is 4. The van der Waals surface area contributed by atoms with Gasteiger partial charge in [-0.15, -0.1) is 0 Å². The number of hydrogen-bond donors (Lipinski definition) is 7. The number of nitrogens with one attached hydrogen (secondary N) is 3. The Balaban J connectivity index is 1.96. The second-order valence-corrected chi connectivity index (χ2v) is 9.67. The third kappa shape index (κ3) is 9.82. The summed E-state index contributed by atoms with van der Waals surface area (Å²) in [5.74, 6) is -0.499. The lowest BCUT2D eigenvalue weighted by atomic mass is 10.1. The molecule has 0 spiro atoms. The molecule has 0 aliphatic rings. The van der Waals surface area contributed by atoms with Gasteiger partial charge >= 0.3 is 6.09 Å². The first kappa shape index (κ1) is 31.4. The summed E-state index contributed by atoms with van der Waals surface area (Å²) in [7, 11) is 1.47. The van der Waals surface area contributed by atoms with Gasteiger partial charge in [-0.3, -0.25) is 9.59 Å². The van der Waals surface area contributed by atoms with Crippen molar-refractivity contribution in [3.63, 3.8) is 0 Å². The van der Waals surface area contributed by atoms with Crippen molar-refractivity contribution in [2.75, 3.05) is 55.5 Å². The Morgan fingerprint density at radius 2 is 1.35 bits per heavy atom. The molecular weight excluding hydrogens is 518 g/mol. The van der Waals surface area contributed by atoms with Crippen molar-refractivity contribution in [1.29, 1.82) is 0 Å². The molecule has 0 bridgehead atoms. The monoisotopic (exact) mass is 557 g/mol. The molecule has 218 valence electrons. The fourth-order valence-corrected chi connectivity index (χ4v) is 3.46. The number of primary amides is 2. The van der Waals surface area contributed by atoms with Gasteiger partial charge < -0.3 is 53.1 Å². The number of benzene rings is 2. The Labute approximate surface area is 233 Å². The zero-order valence-corrected chi connectivity index (χ0v) is 23.3. The summed E-state index contributed by atoms with van der Waals surface area (Å²) in [6, 6.07) is 5.97. The van der Waals surface area contributed by atoms with Crippen LogP contribution in [-0.2, 0) is 4.74 Å². The molecule has 2 aromatic carbocycles. The highest BCUT2D eigenvalue weighted by Gasteiger charge is 2.16. The van der Waals surface area contributed by atoms with Gasteiger partial charge in [0.25, 0.3) is 0 Å². The van der Waals surface area contributed by atoms with Crippen LogP contribution in [0.5, 0.6) is 11.5 Å².